The van der Waals surface area contributed by atoms with Crippen LogP contribution in [0.15, 0.2) is 54.7 Å². The highest BCUT2D eigenvalue weighted by atomic mass is 16.2. The molecule has 3 aromatic rings. The largest absolute Gasteiger partial charge is 0.324 e. The molecule has 0 saturated carbocycles. The van der Waals surface area contributed by atoms with Crippen molar-refractivity contribution in [3.63, 3.8) is 0 Å². The zero-order valence-electron chi connectivity index (χ0n) is 15.4. The van der Waals surface area contributed by atoms with Gasteiger partial charge < -0.3 is 10.2 Å². The summed E-state index contributed by atoms with van der Waals surface area (Å²) in [5, 5.41) is 3.93. The third-order valence-corrected chi connectivity index (χ3v) is 5.25. The van der Waals surface area contributed by atoms with Crippen LogP contribution in [0.3, 0.4) is 0 Å². The van der Waals surface area contributed by atoms with Crippen LogP contribution in [-0.4, -0.2) is 23.3 Å². The van der Waals surface area contributed by atoms with Crippen LogP contribution in [0, 0.1) is 19.8 Å². The topological polar surface area (TPSA) is 62.3 Å². The van der Waals surface area contributed by atoms with Crippen molar-refractivity contribution in [2.45, 2.75) is 20.3 Å². The van der Waals surface area contributed by atoms with E-state index in [2.05, 4.69) is 10.3 Å². The number of anilines is 2. The van der Waals surface area contributed by atoms with Gasteiger partial charge in [0.05, 0.1) is 17.1 Å². The SMILES string of the molecule is Cc1cccc(N2CC(C(=O)Nc3cccc4cccnc34)CC2=O)c1C. The van der Waals surface area contributed by atoms with Crippen LogP contribution in [0.25, 0.3) is 10.9 Å². The molecule has 5 heteroatoms. The Morgan fingerprint density at radius 1 is 1.11 bits per heavy atom. The Morgan fingerprint density at radius 3 is 2.74 bits per heavy atom. The number of para-hydroxylation sites is 1. The molecule has 1 aliphatic heterocycles. The first-order valence-corrected chi connectivity index (χ1v) is 9.06. The van der Waals surface area contributed by atoms with E-state index in [1.165, 1.54) is 0 Å². The summed E-state index contributed by atoms with van der Waals surface area (Å²) in [5.74, 6) is -0.536. The van der Waals surface area contributed by atoms with Crippen molar-refractivity contribution in [2.24, 2.45) is 5.92 Å². The van der Waals surface area contributed by atoms with Gasteiger partial charge in [0.15, 0.2) is 0 Å². The first-order chi connectivity index (χ1) is 13.0. The molecule has 2 heterocycles. The number of carbonyl (C=O) groups is 2. The summed E-state index contributed by atoms with van der Waals surface area (Å²) < 4.78 is 0. The second kappa shape index (κ2) is 6.83. The summed E-state index contributed by atoms with van der Waals surface area (Å²) in [4.78, 5) is 31.5. The van der Waals surface area contributed by atoms with E-state index in [4.69, 9.17) is 0 Å². The van der Waals surface area contributed by atoms with Crippen LogP contribution in [0.5, 0.6) is 0 Å². The van der Waals surface area contributed by atoms with Gasteiger partial charge in [-0.15, -0.1) is 0 Å². The molecule has 0 aliphatic carbocycles. The van der Waals surface area contributed by atoms with Crippen molar-refractivity contribution in [1.82, 2.24) is 4.98 Å². The molecule has 1 saturated heterocycles. The highest BCUT2D eigenvalue weighted by molar-refractivity contribution is 6.06. The Morgan fingerprint density at radius 2 is 1.89 bits per heavy atom. The fraction of sp³-hybridized carbons (Fsp3) is 0.227. The first-order valence-electron chi connectivity index (χ1n) is 9.06. The summed E-state index contributed by atoms with van der Waals surface area (Å²) in [5.41, 5.74) is 4.53. The summed E-state index contributed by atoms with van der Waals surface area (Å²) in [7, 11) is 0. The number of nitrogens with zero attached hydrogens (tertiary/aromatic N) is 2. The minimum atomic E-state index is -0.378. The van der Waals surface area contributed by atoms with Gasteiger partial charge in [-0.25, -0.2) is 0 Å². The molecule has 0 spiro atoms. The van der Waals surface area contributed by atoms with E-state index in [-0.39, 0.29) is 24.2 Å². The highest BCUT2D eigenvalue weighted by Crippen LogP contribution is 2.30. The molecular formula is C22H21N3O2. The molecule has 0 bridgehead atoms. The molecule has 1 atom stereocenters. The number of pyridine rings is 1. The van der Waals surface area contributed by atoms with Crippen molar-refractivity contribution in [3.8, 4) is 0 Å². The number of nitrogens with one attached hydrogen (secondary N) is 1. The lowest BCUT2D eigenvalue weighted by Gasteiger charge is -2.20. The second-order valence-corrected chi connectivity index (χ2v) is 6.99. The van der Waals surface area contributed by atoms with E-state index in [1.54, 1.807) is 11.1 Å². The van der Waals surface area contributed by atoms with Gasteiger partial charge in [0.2, 0.25) is 11.8 Å². The molecule has 1 aromatic heterocycles. The molecule has 2 amide bonds. The van der Waals surface area contributed by atoms with E-state index in [0.29, 0.717) is 12.2 Å². The molecule has 27 heavy (non-hydrogen) atoms. The summed E-state index contributed by atoms with van der Waals surface area (Å²) in [6.07, 6.45) is 1.93. The number of aryl methyl sites for hydroxylation is 1. The van der Waals surface area contributed by atoms with Crippen molar-refractivity contribution < 1.29 is 9.59 Å². The van der Waals surface area contributed by atoms with Gasteiger partial charge in [-0.05, 0) is 43.2 Å². The molecule has 1 fully saturated rings. The van der Waals surface area contributed by atoms with Gasteiger partial charge >= 0.3 is 0 Å². The lowest BCUT2D eigenvalue weighted by molar-refractivity contribution is -0.122. The molecule has 1 unspecified atom stereocenters. The zero-order chi connectivity index (χ0) is 19.0. The molecule has 0 radical (unpaired) electrons. The molecule has 4 rings (SSSR count). The number of carbonyl (C=O) groups excluding carboxylic acids is 2. The summed E-state index contributed by atoms with van der Waals surface area (Å²) in [6, 6.07) is 15.4. The number of aromatic nitrogens is 1. The lowest BCUT2D eigenvalue weighted by Crippen LogP contribution is -2.28. The van der Waals surface area contributed by atoms with Crippen LogP contribution in [0.2, 0.25) is 0 Å². The lowest BCUT2D eigenvalue weighted by atomic mass is 10.1. The first kappa shape index (κ1) is 17.2. The van der Waals surface area contributed by atoms with Gasteiger partial charge in [-0.3, -0.25) is 14.6 Å². The summed E-state index contributed by atoms with van der Waals surface area (Å²) >= 11 is 0. The summed E-state index contributed by atoms with van der Waals surface area (Å²) in [6.45, 7) is 4.43. The Bertz CT molecular complexity index is 1040. The van der Waals surface area contributed by atoms with Crippen molar-refractivity contribution in [3.05, 3.63) is 65.9 Å². The number of fused-ring (bicyclic) bond motifs is 1. The van der Waals surface area contributed by atoms with E-state index in [1.807, 2.05) is 62.4 Å². The number of amides is 2. The van der Waals surface area contributed by atoms with Crippen LogP contribution >= 0.6 is 0 Å². The number of benzene rings is 2. The maximum atomic E-state index is 12.8. The fourth-order valence-electron chi connectivity index (χ4n) is 3.58. The van der Waals surface area contributed by atoms with Crippen molar-refractivity contribution in [2.75, 3.05) is 16.8 Å². The van der Waals surface area contributed by atoms with Gasteiger partial charge in [-0.2, -0.15) is 0 Å². The monoisotopic (exact) mass is 359 g/mol. The number of hydrogen-bond acceptors (Lipinski definition) is 3. The van der Waals surface area contributed by atoms with Gasteiger partial charge in [0, 0.05) is 30.2 Å². The van der Waals surface area contributed by atoms with Crippen molar-refractivity contribution >= 4 is 34.1 Å². The predicted octanol–water partition coefficient (Wildman–Crippen LogP) is 3.84. The Balaban J connectivity index is 1.55. The standard InChI is InChI=1S/C22H21N3O2/c1-14-6-3-10-19(15(14)2)25-13-17(12-20(25)26)22(27)24-18-9-4-7-16-8-5-11-23-21(16)18/h3-11,17H,12-13H2,1-2H3,(H,24,27). The maximum absolute atomic E-state index is 12.8. The molecule has 1 aliphatic rings. The molecule has 2 aromatic carbocycles. The number of rotatable bonds is 3. The smallest absolute Gasteiger partial charge is 0.229 e. The average molecular weight is 359 g/mol. The third kappa shape index (κ3) is 3.16. The normalized spacial score (nSPS) is 16.7. The quantitative estimate of drug-likeness (QED) is 0.773. The Hall–Kier alpha value is -3.21. The van der Waals surface area contributed by atoms with E-state index in [0.717, 1.165) is 27.7 Å². The van der Waals surface area contributed by atoms with Crippen LogP contribution in [0.1, 0.15) is 17.5 Å². The predicted molar refractivity (Wildman–Crippen MR) is 107 cm³/mol. The molecular weight excluding hydrogens is 338 g/mol. The maximum Gasteiger partial charge on any atom is 0.229 e. The Kier molecular flexibility index (Phi) is 4.36. The third-order valence-electron chi connectivity index (χ3n) is 5.25. The van der Waals surface area contributed by atoms with Gasteiger partial charge in [-0.1, -0.05) is 30.3 Å². The van der Waals surface area contributed by atoms with Crippen molar-refractivity contribution in [1.29, 1.82) is 0 Å². The fourth-order valence-corrected chi connectivity index (χ4v) is 3.58. The minimum absolute atomic E-state index is 0.0140. The van der Waals surface area contributed by atoms with E-state index < -0.39 is 0 Å². The molecule has 5 nitrogen and oxygen atoms in total. The van der Waals surface area contributed by atoms with Crippen LogP contribution < -0.4 is 10.2 Å². The average Bonchev–Trinajstić information content (AvgIpc) is 3.06. The van der Waals surface area contributed by atoms with Crippen LogP contribution in [0.4, 0.5) is 11.4 Å². The highest BCUT2D eigenvalue weighted by Gasteiger charge is 2.36. The van der Waals surface area contributed by atoms with Gasteiger partial charge in [0.25, 0.3) is 0 Å². The second-order valence-electron chi connectivity index (χ2n) is 6.99. The van der Waals surface area contributed by atoms with Gasteiger partial charge in [0.1, 0.15) is 0 Å². The van der Waals surface area contributed by atoms with E-state index in [9.17, 15) is 9.59 Å². The van der Waals surface area contributed by atoms with Crippen LogP contribution in [-0.2, 0) is 9.59 Å². The molecule has 1 N–H and O–H groups in total. The molecule has 136 valence electrons. The number of hydrogen-bond donors (Lipinski definition) is 1. The van der Waals surface area contributed by atoms with E-state index >= 15 is 0 Å². The Labute approximate surface area is 158 Å². The zero-order valence-corrected chi connectivity index (χ0v) is 15.4. The minimum Gasteiger partial charge on any atom is -0.324 e.